The van der Waals surface area contributed by atoms with Gasteiger partial charge in [0, 0.05) is 16.5 Å². The first-order chi connectivity index (χ1) is 13.5. The molecule has 0 saturated carbocycles. The van der Waals surface area contributed by atoms with E-state index < -0.39 is 0 Å². The maximum atomic E-state index is 12.9. The number of pyridine rings is 1. The highest BCUT2D eigenvalue weighted by molar-refractivity contribution is 6.03. The number of aryl methyl sites for hydroxylation is 3. The Hall–Kier alpha value is -3.33. The Kier molecular flexibility index (Phi) is 4.52. The molecule has 3 aromatic carbocycles. The molecule has 0 spiro atoms. The first-order valence-electron chi connectivity index (χ1n) is 9.37. The standard InChI is InChI=1S/C25H23NO2/c1-15-11-12-20-21(13-15)23(18-9-6-10-19(14-18)28-4)24(26-25(20)27)22-16(2)7-5-8-17(22)3/h5-14H,1-4H3,(H,26,27). The minimum atomic E-state index is -0.0701. The molecule has 0 saturated heterocycles. The predicted molar refractivity (Wildman–Crippen MR) is 116 cm³/mol. The van der Waals surface area contributed by atoms with Crippen molar-refractivity contribution < 1.29 is 4.74 Å². The van der Waals surface area contributed by atoms with E-state index >= 15 is 0 Å². The zero-order valence-electron chi connectivity index (χ0n) is 16.6. The average Bonchev–Trinajstić information content (AvgIpc) is 2.68. The molecule has 28 heavy (non-hydrogen) atoms. The van der Waals surface area contributed by atoms with E-state index in [4.69, 9.17) is 4.74 Å². The van der Waals surface area contributed by atoms with E-state index in [0.717, 1.165) is 50.2 Å². The fourth-order valence-electron chi connectivity index (χ4n) is 3.92. The lowest BCUT2D eigenvalue weighted by Gasteiger charge is -2.18. The molecular weight excluding hydrogens is 346 g/mol. The van der Waals surface area contributed by atoms with E-state index in [1.807, 2.05) is 36.4 Å². The van der Waals surface area contributed by atoms with Gasteiger partial charge in [-0.05, 0) is 61.0 Å². The van der Waals surface area contributed by atoms with Gasteiger partial charge in [-0.3, -0.25) is 4.79 Å². The van der Waals surface area contributed by atoms with Crippen molar-refractivity contribution in [3.05, 3.63) is 87.7 Å². The Balaban J connectivity index is 2.20. The molecule has 140 valence electrons. The van der Waals surface area contributed by atoms with Gasteiger partial charge in [0.2, 0.25) is 0 Å². The normalized spacial score (nSPS) is 11.0. The van der Waals surface area contributed by atoms with E-state index in [2.05, 4.69) is 50.0 Å². The average molecular weight is 369 g/mol. The molecule has 1 N–H and O–H groups in total. The van der Waals surface area contributed by atoms with Crippen molar-refractivity contribution in [2.24, 2.45) is 0 Å². The van der Waals surface area contributed by atoms with Crippen LogP contribution in [0.4, 0.5) is 0 Å². The van der Waals surface area contributed by atoms with Crippen molar-refractivity contribution >= 4 is 10.8 Å². The molecule has 0 amide bonds. The van der Waals surface area contributed by atoms with Crippen molar-refractivity contribution in [3.63, 3.8) is 0 Å². The van der Waals surface area contributed by atoms with E-state index in [1.165, 1.54) is 0 Å². The molecule has 3 nitrogen and oxygen atoms in total. The molecule has 1 heterocycles. The van der Waals surface area contributed by atoms with Crippen LogP contribution in [0.2, 0.25) is 0 Å². The number of nitrogens with one attached hydrogen (secondary N) is 1. The van der Waals surface area contributed by atoms with E-state index in [-0.39, 0.29) is 5.56 Å². The third-order valence-corrected chi connectivity index (χ3v) is 5.27. The number of methoxy groups -OCH3 is 1. The van der Waals surface area contributed by atoms with Crippen LogP contribution in [0.5, 0.6) is 5.75 Å². The van der Waals surface area contributed by atoms with Crippen molar-refractivity contribution in [3.8, 4) is 28.1 Å². The zero-order valence-corrected chi connectivity index (χ0v) is 16.6. The second kappa shape index (κ2) is 7.01. The predicted octanol–water partition coefficient (Wildman–Crippen LogP) is 5.80. The molecule has 0 aliphatic carbocycles. The third kappa shape index (κ3) is 2.99. The number of aromatic nitrogens is 1. The minimum Gasteiger partial charge on any atom is -0.497 e. The summed E-state index contributed by atoms with van der Waals surface area (Å²) in [7, 11) is 1.67. The van der Waals surface area contributed by atoms with Gasteiger partial charge in [-0.1, -0.05) is 48.0 Å². The largest absolute Gasteiger partial charge is 0.497 e. The second-order valence-electron chi connectivity index (χ2n) is 7.25. The number of hydrogen-bond acceptors (Lipinski definition) is 2. The van der Waals surface area contributed by atoms with Gasteiger partial charge in [0.05, 0.1) is 12.8 Å². The number of hydrogen-bond donors (Lipinski definition) is 1. The highest BCUT2D eigenvalue weighted by Crippen LogP contribution is 2.39. The lowest BCUT2D eigenvalue weighted by molar-refractivity contribution is 0.415. The smallest absolute Gasteiger partial charge is 0.256 e. The molecule has 4 rings (SSSR count). The summed E-state index contributed by atoms with van der Waals surface area (Å²) in [6, 6.07) is 20.2. The fraction of sp³-hybridized carbons (Fsp3) is 0.160. The lowest BCUT2D eigenvalue weighted by atomic mass is 9.90. The van der Waals surface area contributed by atoms with Crippen molar-refractivity contribution in [1.29, 1.82) is 0 Å². The Morgan fingerprint density at radius 3 is 2.21 bits per heavy atom. The first-order valence-corrected chi connectivity index (χ1v) is 9.37. The molecule has 0 unspecified atom stereocenters. The third-order valence-electron chi connectivity index (χ3n) is 5.27. The summed E-state index contributed by atoms with van der Waals surface area (Å²) >= 11 is 0. The van der Waals surface area contributed by atoms with Crippen LogP contribution in [-0.4, -0.2) is 12.1 Å². The monoisotopic (exact) mass is 369 g/mol. The van der Waals surface area contributed by atoms with Gasteiger partial charge in [0.25, 0.3) is 5.56 Å². The molecule has 0 aliphatic rings. The summed E-state index contributed by atoms with van der Waals surface area (Å²) in [6.07, 6.45) is 0. The zero-order chi connectivity index (χ0) is 19.8. The van der Waals surface area contributed by atoms with Gasteiger partial charge < -0.3 is 9.72 Å². The van der Waals surface area contributed by atoms with Crippen molar-refractivity contribution in [2.45, 2.75) is 20.8 Å². The summed E-state index contributed by atoms with van der Waals surface area (Å²) in [5, 5.41) is 1.65. The molecule has 0 atom stereocenters. The molecule has 0 bridgehead atoms. The second-order valence-corrected chi connectivity index (χ2v) is 7.25. The number of H-pyrrole nitrogens is 1. The van der Waals surface area contributed by atoms with Crippen LogP contribution in [0.3, 0.4) is 0 Å². The Morgan fingerprint density at radius 2 is 1.50 bits per heavy atom. The molecular formula is C25H23NO2. The Labute approximate surface area is 164 Å². The van der Waals surface area contributed by atoms with Crippen LogP contribution in [0.25, 0.3) is 33.2 Å². The number of rotatable bonds is 3. The molecule has 1 aromatic heterocycles. The van der Waals surface area contributed by atoms with Crippen LogP contribution in [-0.2, 0) is 0 Å². The van der Waals surface area contributed by atoms with E-state index in [9.17, 15) is 4.79 Å². The number of fused-ring (bicyclic) bond motifs is 1. The summed E-state index contributed by atoms with van der Waals surface area (Å²) in [5.41, 5.74) is 7.28. The van der Waals surface area contributed by atoms with Crippen LogP contribution in [0.15, 0.2) is 65.5 Å². The fourth-order valence-corrected chi connectivity index (χ4v) is 3.92. The summed E-state index contributed by atoms with van der Waals surface area (Å²) < 4.78 is 5.46. The van der Waals surface area contributed by atoms with Gasteiger partial charge in [-0.15, -0.1) is 0 Å². The molecule has 0 radical (unpaired) electrons. The van der Waals surface area contributed by atoms with Gasteiger partial charge in [-0.2, -0.15) is 0 Å². The lowest BCUT2D eigenvalue weighted by Crippen LogP contribution is -2.10. The quantitative estimate of drug-likeness (QED) is 0.496. The summed E-state index contributed by atoms with van der Waals surface area (Å²) in [6.45, 7) is 6.21. The minimum absolute atomic E-state index is 0.0701. The van der Waals surface area contributed by atoms with Gasteiger partial charge in [0.1, 0.15) is 5.75 Å². The number of benzene rings is 3. The summed E-state index contributed by atoms with van der Waals surface area (Å²) in [5.74, 6) is 0.789. The summed E-state index contributed by atoms with van der Waals surface area (Å²) in [4.78, 5) is 16.1. The first kappa shape index (κ1) is 18.1. The Bertz CT molecular complexity index is 1230. The molecule has 0 fully saturated rings. The van der Waals surface area contributed by atoms with E-state index in [0.29, 0.717) is 5.39 Å². The van der Waals surface area contributed by atoms with Gasteiger partial charge in [0.15, 0.2) is 0 Å². The molecule has 4 aromatic rings. The van der Waals surface area contributed by atoms with Crippen molar-refractivity contribution in [2.75, 3.05) is 7.11 Å². The Morgan fingerprint density at radius 1 is 0.786 bits per heavy atom. The molecule has 0 aliphatic heterocycles. The SMILES string of the molecule is COc1cccc(-c2c(-c3c(C)cccc3C)[nH]c(=O)c3ccc(C)cc23)c1. The maximum absolute atomic E-state index is 12.9. The van der Waals surface area contributed by atoms with Crippen molar-refractivity contribution in [1.82, 2.24) is 4.98 Å². The maximum Gasteiger partial charge on any atom is 0.256 e. The van der Waals surface area contributed by atoms with Crippen LogP contribution < -0.4 is 10.3 Å². The van der Waals surface area contributed by atoms with Gasteiger partial charge in [-0.25, -0.2) is 0 Å². The van der Waals surface area contributed by atoms with Crippen LogP contribution in [0, 0.1) is 20.8 Å². The van der Waals surface area contributed by atoms with Gasteiger partial charge >= 0.3 is 0 Å². The van der Waals surface area contributed by atoms with E-state index in [1.54, 1.807) is 7.11 Å². The number of aromatic amines is 1. The number of ether oxygens (including phenoxy) is 1. The van der Waals surface area contributed by atoms with Crippen LogP contribution >= 0.6 is 0 Å². The highest BCUT2D eigenvalue weighted by atomic mass is 16.5. The highest BCUT2D eigenvalue weighted by Gasteiger charge is 2.18. The van der Waals surface area contributed by atoms with Crippen LogP contribution in [0.1, 0.15) is 16.7 Å². The topological polar surface area (TPSA) is 42.1 Å². The molecule has 3 heteroatoms.